The topological polar surface area (TPSA) is 97.1 Å². The number of nitrogens with zero attached hydrogens (tertiary/aromatic N) is 1. The fourth-order valence-corrected chi connectivity index (χ4v) is 1.79. The Balaban J connectivity index is 2.02. The Morgan fingerprint density at radius 1 is 1.24 bits per heavy atom. The number of aromatic nitrogens is 1. The molecule has 1 aromatic heterocycles. The highest BCUT2D eigenvalue weighted by Crippen LogP contribution is 2.11. The fourth-order valence-electron chi connectivity index (χ4n) is 1.79. The zero-order chi connectivity index (χ0) is 15.2. The lowest BCUT2D eigenvalue weighted by atomic mass is 10.2. The lowest BCUT2D eigenvalue weighted by molar-refractivity contribution is -0.115. The van der Waals surface area contributed by atoms with Crippen molar-refractivity contribution in [3.63, 3.8) is 0 Å². The second-order valence-corrected chi connectivity index (χ2v) is 4.47. The lowest BCUT2D eigenvalue weighted by Gasteiger charge is -2.07. The van der Waals surface area contributed by atoms with Crippen LogP contribution in [0.5, 0.6) is 0 Å². The number of rotatable bonds is 4. The van der Waals surface area contributed by atoms with Crippen molar-refractivity contribution in [2.75, 3.05) is 18.1 Å². The number of nitrogens with one attached hydrogen (secondary N) is 2. The van der Waals surface area contributed by atoms with Gasteiger partial charge in [0.25, 0.3) is 5.91 Å². The second kappa shape index (κ2) is 6.51. The number of carbonyl (C=O) groups excluding carboxylic acids is 2. The van der Waals surface area contributed by atoms with E-state index >= 15 is 0 Å². The maximum Gasteiger partial charge on any atom is 0.251 e. The summed E-state index contributed by atoms with van der Waals surface area (Å²) >= 11 is 0. The molecule has 1 aromatic carbocycles. The molecule has 0 radical (unpaired) electrons. The predicted molar refractivity (Wildman–Crippen MR) is 80.8 cm³/mol. The molecule has 0 aliphatic carbocycles. The van der Waals surface area contributed by atoms with E-state index in [-0.39, 0.29) is 18.2 Å². The molecule has 2 amide bonds. The van der Waals surface area contributed by atoms with Gasteiger partial charge in [-0.25, -0.2) is 0 Å². The maximum absolute atomic E-state index is 11.9. The largest absolute Gasteiger partial charge is 0.397 e. The van der Waals surface area contributed by atoms with Crippen LogP contribution in [-0.2, 0) is 11.2 Å². The number of nitrogen functional groups attached to an aromatic ring is 1. The summed E-state index contributed by atoms with van der Waals surface area (Å²) in [5.74, 6) is -0.410. The van der Waals surface area contributed by atoms with Crippen LogP contribution in [0.2, 0.25) is 0 Å². The van der Waals surface area contributed by atoms with Gasteiger partial charge in [0.2, 0.25) is 5.91 Å². The molecule has 1 heterocycles. The van der Waals surface area contributed by atoms with Gasteiger partial charge in [-0.3, -0.25) is 14.6 Å². The molecule has 0 saturated carbocycles. The zero-order valence-electron chi connectivity index (χ0n) is 11.6. The van der Waals surface area contributed by atoms with Gasteiger partial charge >= 0.3 is 0 Å². The van der Waals surface area contributed by atoms with Crippen LogP contribution in [0.15, 0.2) is 42.6 Å². The van der Waals surface area contributed by atoms with E-state index in [1.54, 1.807) is 43.4 Å². The van der Waals surface area contributed by atoms with E-state index < -0.39 is 0 Å². The Labute approximate surface area is 122 Å². The van der Waals surface area contributed by atoms with Crippen LogP contribution in [-0.4, -0.2) is 23.8 Å². The number of amides is 2. The minimum Gasteiger partial charge on any atom is -0.397 e. The van der Waals surface area contributed by atoms with Crippen molar-refractivity contribution in [3.8, 4) is 0 Å². The number of pyridine rings is 1. The van der Waals surface area contributed by atoms with Gasteiger partial charge in [0.15, 0.2) is 0 Å². The van der Waals surface area contributed by atoms with Crippen LogP contribution in [0.25, 0.3) is 0 Å². The Morgan fingerprint density at radius 2 is 2.05 bits per heavy atom. The monoisotopic (exact) mass is 284 g/mol. The van der Waals surface area contributed by atoms with Crippen molar-refractivity contribution in [3.05, 3.63) is 53.9 Å². The highest BCUT2D eigenvalue weighted by Gasteiger charge is 2.07. The van der Waals surface area contributed by atoms with E-state index in [2.05, 4.69) is 15.6 Å². The number of carbonyl (C=O) groups is 2. The van der Waals surface area contributed by atoms with Crippen LogP contribution >= 0.6 is 0 Å². The molecular weight excluding hydrogens is 268 g/mol. The lowest BCUT2D eigenvalue weighted by Crippen LogP contribution is -2.19. The Hall–Kier alpha value is -2.89. The third kappa shape index (κ3) is 4.04. The van der Waals surface area contributed by atoms with E-state index in [1.807, 2.05) is 0 Å². The van der Waals surface area contributed by atoms with Crippen LogP contribution in [0.3, 0.4) is 0 Å². The summed E-state index contributed by atoms with van der Waals surface area (Å²) < 4.78 is 0. The van der Waals surface area contributed by atoms with Crippen LogP contribution < -0.4 is 16.4 Å². The molecule has 0 atom stereocenters. The quantitative estimate of drug-likeness (QED) is 0.786. The molecule has 2 aromatic rings. The zero-order valence-corrected chi connectivity index (χ0v) is 11.6. The summed E-state index contributed by atoms with van der Waals surface area (Å²) in [4.78, 5) is 27.5. The molecule has 0 spiro atoms. The fraction of sp³-hybridized carbons (Fsp3) is 0.133. The number of hydrogen-bond acceptors (Lipinski definition) is 4. The van der Waals surface area contributed by atoms with Crippen molar-refractivity contribution in [2.24, 2.45) is 0 Å². The van der Waals surface area contributed by atoms with E-state index in [4.69, 9.17) is 5.73 Å². The van der Waals surface area contributed by atoms with Crippen molar-refractivity contribution in [1.29, 1.82) is 0 Å². The van der Waals surface area contributed by atoms with Gasteiger partial charge in [0, 0.05) is 24.0 Å². The summed E-state index contributed by atoms with van der Waals surface area (Å²) in [6.07, 6.45) is 1.65. The van der Waals surface area contributed by atoms with Gasteiger partial charge in [0.1, 0.15) is 0 Å². The first-order chi connectivity index (χ1) is 10.1. The predicted octanol–water partition coefficient (Wildman–Crippen LogP) is 1.20. The molecule has 21 heavy (non-hydrogen) atoms. The average molecular weight is 284 g/mol. The summed E-state index contributed by atoms with van der Waals surface area (Å²) in [5, 5.41) is 5.27. The number of nitrogens with two attached hydrogens (primary N) is 1. The van der Waals surface area contributed by atoms with Crippen LogP contribution in [0.1, 0.15) is 16.1 Å². The average Bonchev–Trinajstić information content (AvgIpc) is 2.49. The van der Waals surface area contributed by atoms with Gasteiger partial charge in [-0.15, -0.1) is 0 Å². The molecule has 0 bridgehead atoms. The van der Waals surface area contributed by atoms with Crippen molar-refractivity contribution in [1.82, 2.24) is 10.3 Å². The number of anilines is 2. The van der Waals surface area contributed by atoms with E-state index in [1.165, 1.54) is 6.20 Å². The van der Waals surface area contributed by atoms with E-state index in [9.17, 15) is 9.59 Å². The van der Waals surface area contributed by atoms with E-state index in [0.717, 1.165) is 0 Å². The standard InChI is InChI=1S/C15H16N4O2/c1-17-15(21)10-3-2-4-13(7-10)19-14(20)8-12-6-5-11(16)9-18-12/h2-7,9H,8,16H2,1H3,(H,17,21)(H,19,20). The van der Waals surface area contributed by atoms with Gasteiger partial charge < -0.3 is 16.4 Å². The molecule has 0 aliphatic heterocycles. The summed E-state index contributed by atoms with van der Waals surface area (Å²) in [5.41, 5.74) is 7.77. The van der Waals surface area contributed by atoms with Crippen LogP contribution in [0.4, 0.5) is 11.4 Å². The summed E-state index contributed by atoms with van der Waals surface area (Å²) in [6.45, 7) is 0. The first kappa shape index (κ1) is 14.5. The molecule has 108 valence electrons. The normalized spacial score (nSPS) is 9.95. The minimum atomic E-state index is -0.207. The van der Waals surface area contributed by atoms with E-state index in [0.29, 0.717) is 22.6 Å². The van der Waals surface area contributed by atoms with Crippen molar-refractivity contribution >= 4 is 23.2 Å². The minimum absolute atomic E-state index is 0.143. The third-order valence-corrected chi connectivity index (χ3v) is 2.82. The molecule has 4 N–H and O–H groups in total. The summed E-state index contributed by atoms with van der Waals surface area (Å²) in [7, 11) is 1.56. The van der Waals surface area contributed by atoms with Crippen molar-refractivity contribution in [2.45, 2.75) is 6.42 Å². The molecule has 6 heteroatoms. The Morgan fingerprint density at radius 3 is 2.71 bits per heavy atom. The number of benzene rings is 1. The highest BCUT2D eigenvalue weighted by atomic mass is 16.2. The second-order valence-electron chi connectivity index (χ2n) is 4.47. The SMILES string of the molecule is CNC(=O)c1cccc(NC(=O)Cc2ccc(N)cn2)c1. The van der Waals surface area contributed by atoms with Crippen LogP contribution in [0, 0.1) is 0 Å². The molecule has 0 saturated heterocycles. The first-order valence-corrected chi connectivity index (χ1v) is 6.41. The Bertz CT molecular complexity index is 653. The third-order valence-electron chi connectivity index (χ3n) is 2.82. The molecule has 0 fully saturated rings. The molecular formula is C15H16N4O2. The van der Waals surface area contributed by atoms with Crippen molar-refractivity contribution < 1.29 is 9.59 Å². The van der Waals surface area contributed by atoms with Gasteiger partial charge in [-0.1, -0.05) is 6.07 Å². The highest BCUT2D eigenvalue weighted by molar-refractivity contribution is 5.97. The summed E-state index contributed by atoms with van der Waals surface area (Å²) in [6, 6.07) is 10.1. The van der Waals surface area contributed by atoms with Gasteiger partial charge in [-0.05, 0) is 30.3 Å². The Kier molecular flexibility index (Phi) is 4.50. The molecule has 0 aliphatic rings. The number of hydrogen-bond donors (Lipinski definition) is 3. The van der Waals surface area contributed by atoms with Gasteiger partial charge in [-0.2, -0.15) is 0 Å². The smallest absolute Gasteiger partial charge is 0.251 e. The molecule has 0 unspecified atom stereocenters. The first-order valence-electron chi connectivity index (χ1n) is 6.41. The molecule has 2 rings (SSSR count). The molecule has 6 nitrogen and oxygen atoms in total. The van der Waals surface area contributed by atoms with Gasteiger partial charge in [0.05, 0.1) is 18.3 Å². The maximum atomic E-state index is 11.9.